The number of pyridine rings is 1. The molecule has 0 spiro atoms. The van der Waals surface area contributed by atoms with Crippen molar-refractivity contribution in [1.82, 2.24) is 4.98 Å². The Morgan fingerprint density at radius 1 is 1.42 bits per heavy atom. The van der Waals surface area contributed by atoms with E-state index >= 15 is 0 Å². The van der Waals surface area contributed by atoms with Crippen molar-refractivity contribution in [3.63, 3.8) is 0 Å². The molecule has 0 aliphatic heterocycles. The number of carbonyl (C=O) groups is 1. The highest BCUT2D eigenvalue weighted by atomic mass is 79.9. The Hall–Kier alpha value is -1.88. The number of aromatic nitrogens is 1. The summed E-state index contributed by atoms with van der Waals surface area (Å²) < 4.78 is 6.10. The number of esters is 1. The summed E-state index contributed by atoms with van der Waals surface area (Å²) in [7, 11) is 0. The largest absolute Gasteiger partial charge is 0.457 e. The zero-order valence-corrected chi connectivity index (χ0v) is 12.0. The van der Waals surface area contributed by atoms with Gasteiger partial charge in [0.05, 0.1) is 5.56 Å². The molecule has 0 amide bonds. The Bertz CT molecular complexity index is 614. The van der Waals surface area contributed by atoms with Crippen LogP contribution in [-0.4, -0.2) is 11.0 Å². The molecule has 98 valence electrons. The van der Waals surface area contributed by atoms with Crippen LogP contribution in [0.25, 0.3) is 0 Å². The van der Waals surface area contributed by atoms with E-state index in [-0.39, 0.29) is 12.6 Å². The van der Waals surface area contributed by atoms with Crippen LogP contribution in [0, 0.1) is 6.92 Å². The number of anilines is 1. The normalized spacial score (nSPS) is 10.2. The minimum Gasteiger partial charge on any atom is -0.457 e. The van der Waals surface area contributed by atoms with Crippen LogP contribution >= 0.6 is 15.9 Å². The van der Waals surface area contributed by atoms with Gasteiger partial charge in [-0.25, -0.2) is 4.79 Å². The molecule has 0 fully saturated rings. The number of nitrogens with zero attached hydrogens (tertiary/aromatic N) is 1. The van der Waals surface area contributed by atoms with Crippen molar-refractivity contribution in [2.24, 2.45) is 0 Å². The minimum atomic E-state index is -0.384. The van der Waals surface area contributed by atoms with Crippen molar-refractivity contribution in [1.29, 1.82) is 0 Å². The molecule has 1 aromatic carbocycles. The van der Waals surface area contributed by atoms with Gasteiger partial charge in [0.2, 0.25) is 0 Å². The minimum absolute atomic E-state index is 0.180. The molecule has 1 aromatic heterocycles. The number of rotatable bonds is 3. The summed E-state index contributed by atoms with van der Waals surface area (Å²) in [5.41, 5.74) is 8.39. The van der Waals surface area contributed by atoms with Gasteiger partial charge in [0.15, 0.2) is 0 Å². The van der Waals surface area contributed by atoms with Gasteiger partial charge in [0.25, 0.3) is 0 Å². The SMILES string of the molecule is Cc1c(N)cccc1C(=O)OCc1cncc(Br)c1. The molecule has 0 unspecified atom stereocenters. The summed E-state index contributed by atoms with van der Waals surface area (Å²) in [6, 6.07) is 7.05. The Morgan fingerprint density at radius 3 is 2.95 bits per heavy atom. The first-order chi connectivity index (χ1) is 9.08. The Labute approximate surface area is 119 Å². The van der Waals surface area contributed by atoms with Gasteiger partial charge in [-0.1, -0.05) is 6.07 Å². The number of ether oxygens (including phenoxy) is 1. The Morgan fingerprint density at radius 2 is 2.21 bits per heavy atom. The molecule has 2 N–H and O–H groups in total. The molecule has 4 nitrogen and oxygen atoms in total. The molecule has 0 saturated carbocycles. The molecule has 2 rings (SSSR count). The zero-order valence-electron chi connectivity index (χ0n) is 10.4. The third kappa shape index (κ3) is 3.32. The number of nitrogen functional groups attached to an aromatic ring is 1. The van der Waals surface area contributed by atoms with Crippen LogP contribution in [0.2, 0.25) is 0 Å². The average Bonchev–Trinajstić information content (AvgIpc) is 2.39. The lowest BCUT2D eigenvalue weighted by atomic mass is 10.1. The first-order valence-corrected chi connectivity index (χ1v) is 6.49. The first kappa shape index (κ1) is 13.5. The monoisotopic (exact) mass is 320 g/mol. The van der Waals surface area contributed by atoms with Crippen LogP contribution in [0.5, 0.6) is 0 Å². The van der Waals surface area contributed by atoms with Crippen LogP contribution in [0.15, 0.2) is 41.1 Å². The molecule has 1 heterocycles. The quantitative estimate of drug-likeness (QED) is 0.697. The molecular weight excluding hydrogens is 308 g/mol. The maximum Gasteiger partial charge on any atom is 0.338 e. The second-order valence-electron chi connectivity index (χ2n) is 4.11. The van der Waals surface area contributed by atoms with E-state index in [9.17, 15) is 4.79 Å². The molecule has 0 bridgehead atoms. The zero-order chi connectivity index (χ0) is 13.8. The predicted molar refractivity (Wildman–Crippen MR) is 76.6 cm³/mol. The van der Waals surface area contributed by atoms with Crippen LogP contribution in [0.4, 0.5) is 5.69 Å². The summed E-state index contributed by atoms with van der Waals surface area (Å²) in [5, 5.41) is 0. The lowest BCUT2D eigenvalue weighted by Crippen LogP contribution is -2.08. The summed E-state index contributed by atoms with van der Waals surface area (Å²) in [6.07, 6.45) is 3.33. The van der Waals surface area contributed by atoms with Crippen molar-refractivity contribution in [2.45, 2.75) is 13.5 Å². The molecule has 0 aliphatic carbocycles. The van der Waals surface area contributed by atoms with Crippen molar-refractivity contribution in [3.8, 4) is 0 Å². The second-order valence-corrected chi connectivity index (χ2v) is 5.02. The molecular formula is C14H13BrN2O2. The van der Waals surface area contributed by atoms with E-state index < -0.39 is 0 Å². The summed E-state index contributed by atoms with van der Waals surface area (Å²) in [5.74, 6) is -0.384. The number of hydrogen-bond donors (Lipinski definition) is 1. The highest BCUT2D eigenvalue weighted by Crippen LogP contribution is 2.17. The molecule has 0 radical (unpaired) electrons. The Balaban J connectivity index is 2.08. The molecule has 0 atom stereocenters. The molecule has 0 saturated heterocycles. The average molecular weight is 321 g/mol. The summed E-state index contributed by atoms with van der Waals surface area (Å²) in [6.45, 7) is 1.98. The third-order valence-electron chi connectivity index (χ3n) is 2.73. The van der Waals surface area contributed by atoms with Gasteiger partial charge in [-0.2, -0.15) is 0 Å². The number of halogens is 1. The van der Waals surface area contributed by atoms with Gasteiger partial charge in [-0.05, 0) is 46.6 Å². The van der Waals surface area contributed by atoms with E-state index in [0.717, 1.165) is 15.6 Å². The summed E-state index contributed by atoms with van der Waals surface area (Å²) >= 11 is 3.32. The van der Waals surface area contributed by atoms with E-state index in [1.165, 1.54) is 0 Å². The smallest absolute Gasteiger partial charge is 0.338 e. The molecule has 5 heteroatoms. The van der Waals surface area contributed by atoms with E-state index in [0.29, 0.717) is 11.3 Å². The van der Waals surface area contributed by atoms with Crippen LogP contribution < -0.4 is 5.73 Å². The number of hydrogen-bond acceptors (Lipinski definition) is 4. The van der Waals surface area contributed by atoms with Gasteiger partial charge in [0, 0.05) is 28.1 Å². The van der Waals surface area contributed by atoms with E-state index in [4.69, 9.17) is 10.5 Å². The Kier molecular flexibility index (Phi) is 4.16. The number of carbonyl (C=O) groups excluding carboxylic acids is 1. The van der Waals surface area contributed by atoms with Gasteiger partial charge < -0.3 is 10.5 Å². The topological polar surface area (TPSA) is 65.2 Å². The van der Waals surface area contributed by atoms with Gasteiger partial charge in [-0.3, -0.25) is 4.98 Å². The van der Waals surface area contributed by atoms with Crippen molar-refractivity contribution >= 4 is 27.6 Å². The fraction of sp³-hybridized carbons (Fsp3) is 0.143. The maximum absolute atomic E-state index is 12.0. The predicted octanol–water partition coefficient (Wildman–Crippen LogP) is 3.09. The fourth-order valence-corrected chi connectivity index (χ4v) is 2.05. The second kappa shape index (κ2) is 5.84. The van der Waals surface area contributed by atoms with Gasteiger partial charge >= 0.3 is 5.97 Å². The van der Waals surface area contributed by atoms with Gasteiger partial charge in [-0.15, -0.1) is 0 Å². The third-order valence-corrected chi connectivity index (χ3v) is 3.16. The van der Waals surface area contributed by atoms with Crippen LogP contribution in [0.3, 0.4) is 0 Å². The number of nitrogens with two attached hydrogens (primary N) is 1. The van der Waals surface area contributed by atoms with Crippen molar-refractivity contribution in [3.05, 3.63) is 57.8 Å². The van der Waals surface area contributed by atoms with E-state index in [2.05, 4.69) is 20.9 Å². The molecule has 19 heavy (non-hydrogen) atoms. The highest BCUT2D eigenvalue weighted by molar-refractivity contribution is 9.10. The van der Waals surface area contributed by atoms with E-state index in [1.807, 2.05) is 6.07 Å². The standard InChI is InChI=1S/C14H13BrN2O2/c1-9-12(3-2-4-13(9)16)14(18)19-8-10-5-11(15)7-17-6-10/h2-7H,8,16H2,1H3. The highest BCUT2D eigenvalue weighted by Gasteiger charge is 2.12. The molecule has 2 aromatic rings. The summed E-state index contributed by atoms with van der Waals surface area (Å²) in [4.78, 5) is 16.0. The van der Waals surface area contributed by atoms with Crippen LogP contribution in [0.1, 0.15) is 21.5 Å². The first-order valence-electron chi connectivity index (χ1n) is 5.69. The molecule has 0 aliphatic rings. The van der Waals surface area contributed by atoms with Gasteiger partial charge in [0.1, 0.15) is 6.61 Å². The fourth-order valence-electron chi connectivity index (χ4n) is 1.64. The lowest BCUT2D eigenvalue weighted by Gasteiger charge is -2.08. The van der Waals surface area contributed by atoms with E-state index in [1.54, 1.807) is 37.5 Å². The lowest BCUT2D eigenvalue weighted by molar-refractivity contribution is 0.0471. The van der Waals surface area contributed by atoms with Crippen molar-refractivity contribution < 1.29 is 9.53 Å². The number of benzene rings is 1. The maximum atomic E-state index is 12.0. The van der Waals surface area contributed by atoms with Crippen molar-refractivity contribution in [2.75, 3.05) is 5.73 Å². The van der Waals surface area contributed by atoms with Crippen LogP contribution in [-0.2, 0) is 11.3 Å².